The van der Waals surface area contributed by atoms with Crippen LogP contribution >= 0.6 is 0 Å². The minimum Gasteiger partial charge on any atom is -0.431 e. The van der Waals surface area contributed by atoms with E-state index < -0.39 is 17.7 Å². The van der Waals surface area contributed by atoms with Gasteiger partial charge in [0.05, 0.1) is 5.56 Å². The van der Waals surface area contributed by atoms with Crippen LogP contribution in [0.5, 0.6) is 0 Å². The van der Waals surface area contributed by atoms with Gasteiger partial charge in [0.1, 0.15) is 6.26 Å². The van der Waals surface area contributed by atoms with E-state index in [-0.39, 0.29) is 6.42 Å². The number of aliphatic hydroxyl groups is 1. The molecule has 1 aromatic rings. The number of esters is 2. The molecule has 0 saturated heterocycles. The second kappa shape index (κ2) is 7.92. The fourth-order valence-electron chi connectivity index (χ4n) is 2.51. The van der Waals surface area contributed by atoms with Crippen LogP contribution in [0.4, 0.5) is 0 Å². The number of hydrogen-bond acceptors (Lipinski definition) is 5. The Bertz CT molecular complexity index is 578. The predicted octanol–water partition coefficient (Wildman–Crippen LogP) is 3.33. The molecule has 1 aliphatic carbocycles. The highest BCUT2D eigenvalue weighted by Crippen LogP contribution is 2.33. The van der Waals surface area contributed by atoms with Crippen molar-refractivity contribution in [2.75, 3.05) is 0 Å². The summed E-state index contributed by atoms with van der Waals surface area (Å²) < 4.78 is 10.4. The molecular weight excluding hydrogens is 296 g/mol. The largest absolute Gasteiger partial charge is 0.431 e. The van der Waals surface area contributed by atoms with E-state index in [9.17, 15) is 14.7 Å². The Balaban J connectivity index is 2.15. The fourth-order valence-corrected chi connectivity index (χ4v) is 2.51. The Labute approximate surface area is 135 Å². The van der Waals surface area contributed by atoms with Crippen LogP contribution in [0.2, 0.25) is 0 Å². The maximum Gasteiger partial charge on any atom is 0.342 e. The van der Waals surface area contributed by atoms with Crippen LogP contribution in [0, 0.1) is 0 Å². The van der Waals surface area contributed by atoms with Crippen molar-refractivity contribution in [2.45, 2.75) is 51.2 Å². The van der Waals surface area contributed by atoms with Crippen molar-refractivity contribution < 1.29 is 24.2 Å². The van der Waals surface area contributed by atoms with Crippen LogP contribution in [-0.2, 0) is 14.3 Å². The van der Waals surface area contributed by atoms with Crippen molar-refractivity contribution in [1.29, 1.82) is 0 Å². The minimum absolute atomic E-state index is 0.180. The fraction of sp³-hybridized carbons (Fsp3) is 0.444. The zero-order valence-corrected chi connectivity index (χ0v) is 13.3. The number of carbonyl (C=O) groups excluding carboxylic acids is 2. The molecule has 5 heteroatoms. The molecule has 1 saturated carbocycles. The lowest BCUT2D eigenvalue weighted by Crippen LogP contribution is -2.36. The van der Waals surface area contributed by atoms with E-state index in [0.717, 1.165) is 19.3 Å². The summed E-state index contributed by atoms with van der Waals surface area (Å²) in [6.45, 7) is 1.67. The van der Waals surface area contributed by atoms with Crippen molar-refractivity contribution in [3.63, 3.8) is 0 Å². The van der Waals surface area contributed by atoms with Crippen molar-refractivity contribution in [1.82, 2.24) is 0 Å². The molecule has 5 nitrogen and oxygen atoms in total. The van der Waals surface area contributed by atoms with E-state index in [1.54, 1.807) is 31.2 Å². The average Bonchev–Trinajstić information content (AvgIpc) is 2.74. The van der Waals surface area contributed by atoms with E-state index >= 15 is 0 Å². The van der Waals surface area contributed by atoms with Crippen LogP contribution in [0.15, 0.2) is 42.2 Å². The van der Waals surface area contributed by atoms with Gasteiger partial charge in [0.25, 0.3) is 0 Å². The summed E-state index contributed by atoms with van der Waals surface area (Å²) >= 11 is 0. The second-order valence-corrected chi connectivity index (χ2v) is 5.59. The quantitative estimate of drug-likeness (QED) is 0.399. The summed E-state index contributed by atoms with van der Waals surface area (Å²) in [4.78, 5) is 23.6. The summed E-state index contributed by atoms with van der Waals surface area (Å²) in [5, 5.41) is 10.7. The second-order valence-electron chi connectivity index (χ2n) is 5.59. The lowest BCUT2D eigenvalue weighted by atomic mass is 10.0. The van der Waals surface area contributed by atoms with Crippen molar-refractivity contribution >= 4 is 11.9 Å². The SMILES string of the molecule is CCC(=O)OC1(O)CCCCC/C1=C\OC(=O)c1ccccc1. The Kier molecular flexibility index (Phi) is 5.93. The van der Waals surface area contributed by atoms with Crippen LogP contribution < -0.4 is 0 Å². The van der Waals surface area contributed by atoms with Crippen molar-refractivity contribution in [3.8, 4) is 0 Å². The van der Waals surface area contributed by atoms with Crippen LogP contribution in [0.25, 0.3) is 0 Å². The molecule has 0 aliphatic heterocycles. The number of ether oxygens (including phenoxy) is 2. The molecule has 0 aromatic heterocycles. The van der Waals surface area contributed by atoms with Gasteiger partial charge < -0.3 is 14.6 Å². The molecule has 0 heterocycles. The minimum atomic E-state index is -1.68. The zero-order valence-electron chi connectivity index (χ0n) is 13.3. The highest BCUT2D eigenvalue weighted by Gasteiger charge is 2.37. The Morgan fingerprint density at radius 3 is 2.65 bits per heavy atom. The molecule has 2 rings (SSSR count). The summed E-state index contributed by atoms with van der Waals surface area (Å²) in [7, 11) is 0. The molecule has 0 bridgehead atoms. The molecular formula is C18H22O5. The molecule has 1 unspecified atom stereocenters. The summed E-state index contributed by atoms with van der Waals surface area (Å²) in [6, 6.07) is 8.60. The van der Waals surface area contributed by atoms with Gasteiger partial charge in [0.2, 0.25) is 5.79 Å². The summed E-state index contributed by atoms with van der Waals surface area (Å²) in [5.41, 5.74) is 0.855. The van der Waals surface area contributed by atoms with Gasteiger partial charge in [-0.05, 0) is 31.4 Å². The summed E-state index contributed by atoms with van der Waals surface area (Å²) in [5.74, 6) is -2.66. The van der Waals surface area contributed by atoms with Gasteiger partial charge in [-0.3, -0.25) is 4.79 Å². The Morgan fingerprint density at radius 2 is 1.96 bits per heavy atom. The predicted molar refractivity (Wildman–Crippen MR) is 84.4 cm³/mol. The van der Waals surface area contributed by atoms with Gasteiger partial charge in [0, 0.05) is 18.4 Å². The highest BCUT2D eigenvalue weighted by atomic mass is 16.7. The third-order valence-electron chi connectivity index (χ3n) is 3.85. The van der Waals surface area contributed by atoms with E-state index in [4.69, 9.17) is 9.47 Å². The first-order valence-electron chi connectivity index (χ1n) is 7.95. The van der Waals surface area contributed by atoms with Crippen molar-refractivity contribution in [2.24, 2.45) is 0 Å². The Morgan fingerprint density at radius 1 is 1.22 bits per heavy atom. The van der Waals surface area contributed by atoms with Crippen LogP contribution in [0.3, 0.4) is 0 Å². The molecule has 1 N–H and O–H groups in total. The van der Waals surface area contributed by atoms with Gasteiger partial charge in [-0.15, -0.1) is 0 Å². The first-order chi connectivity index (χ1) is 11.0. The lowest BCUT2D eigenvalue weighted by Gasteiger charge is -2.28. The van der Waals surface area contributed by atoms with Gasteiger partial charge in [0.15, 0.2) is 0 Å². The van der Waals surface area contributed by atoms with E-state index in [0.29, 0.717) is 24.0 Å². The first-order valence-corrected chi connectivity index (χ1v) is 7.95. The summed E-state index contributed by atoms with van der Waals surface area (Å²) in [6.07, 6.45) is 4.78. The van der Waals surface area contributed by atoms with Gasteiger partial charge >= 0.3 is 11.9 Å². The van der Waals surface area contributed by atoms with Crippen LogP contribution in [-0.4, -0.2) is 22.8 Å². The molecule has 1 atom stereocenters. The molecule has 1 aromatic carbocycles. The first kappa shape index (κ1) is 17.2. The topological polar surface area (TPSA) is 72.8 Å². The van der Waals surface area contributed by atoms with Crippen molar-refractivity contribution in [3.05, 3.63) is 47.7 Å². The third kappa shape index (κ3) is 4.66. The molecule has 1 fully saturated rings. The number of benzene rings is 1. The number of carbonyl (C=O) groups is 2. The standard InChI is InChI=1S/C18H22O5/c1-2-16(19)23-18(21)12-8-4-7-11-15(18)13-22-17(20)14-9-5-3-6-10-14/h3,5-6,9-10,13,21H,2,4,7-8,11-12H2,1H3/b15-13+. The number of hydrogen-bond donors (Lipinski definition) is 1. The smallest absolute Gasteiger partial charge is 0.342 e. The monoisotopic (exact) mass is 318 g/mol. The normalized spacial score (nSPS) is 23.1. The average molecular weight is 318 g/mol. The van der Waals surface area contributed by atoms with Gasteiger partial charge in [-0.25, -0.2) is 4.79 Å². The van der Waals surface area contributed by atoms with Crippen LogP contribution in [0.1, 0.15) is 55.8 Å². The van der Waals surface area contributed by atoms with E-state index in [1.807, 2.05) is 6.07 Å². The third-order valence-corrected chi connectivity index (χ3v) is 3.85. The van der Waals surface area contributed by atoms with Gasteiger partial charge in [-0.1, -0.05) is 31.5 Å². The zero-order chi connectivity index (χ0) is 16.7. The highest BCUT2D eigenvalue weighted by molar-refractivity contribution is 5.89. The van der Waals surface area contributed by atoms with Gasteiger partial charge in [-0.2, -0.15) is 0 Å². The van der Waals surface area contributed by atoms with E-state index in [2.05, 4.69) is 0 Å². The molecule has 1 aliphatic rings. The van der Waals surface area contributed by atoms with E-state index in [1.165, 1.54) is 6.26 Å². The Hall–Kier alpha value is -2.14. The molecule has 0 spiro atoms. The molecule has 124 valence electrons. The molecule has 0 amide bonds. The molecule has 23 heavy (non-hydrogen) atoms. The maximum absolute atomic E-state index is 12.0. The maximum atomic E-state index is 12.0. The molecule has 0 radical (unpaired) electrons. The number of rotatable bonds is 4. The lowest BCUT2D eigenvalue weighted by molar-refractivity contribution is -0.196.